The van der Waals surface area contributed by atoms with Crippen molar-refractivity contribution < 1.29 is 19.1 Å². The van der Waals surface area contributed by atoms with Gasteiger partial charge in [0, 0.05) is 29.9 Å². The summed E-state index contributed by atoms with van der Waals surface area (Å²) in [4.78, 5) is 38.2. The van der Waals surface area contributed by atoms with E-state index in [0.29, 0.717) is 36.6 Å². The molecule has 2 N–H and O–H groups in total. The van der Waals surface area contributed by atoms with Gasteiger partial charge in [-0.05, 0) is 62.2 Å². The molecular weight excluding hydrogens is 370 g/mol. The van der Waals surface area contributed by atoms with Crippen molar-refractivity contribution in [2.75, 3.05) is 29.9 Å². The largest absolute Gasteiger partial charge is 0.494 e. The van der Waals surface area contributed by atoms with E-state index in [2.05, 4.69) is 10.6 Å². The Morgan fingerprint density at radius 3 is 2.62 bits per heavy atom. The summed E-state index contributed by atoms with van der Waals surface area (Å²) >= 11 is 0. The summed E-state index contributed by atoms with van der Waals surface area (Å²) in [7, 11) is 0. The molecule has 1 aliphatic rings. The molecule has 152 valence electrons. The predicted molar refractivity (Wildman–Crippen MR) is 111 cm³/mol. The highest BCUT2D eigenvalue weighted by Crippen LogP contribution is 2.23. The number of nitrogens with one attached hydrogen (secondary N) is 2. The Morgan fingerprint density at radius 2 is 1.90 bits per heavy atom. The highest BCUT2D eigenvalue weighted by molar-refractivity contribution is 6.00. The fourth-order valence-corrected chi connectivity index (χ4v) is 3.17. The fraction of sp³-hybridized carbons (Fsp3) is 0.318. The van der Waals surface area contributed by atoms with Gasteiger partial charge in [0.15, 0.2) is 0 Å². The Balaban J connectivity index is 1.53. The average Bonchev–Trinajstić information content (AvgIpc) is 2.73. The molecule has 2 aromatic rings. The van der Waals surface area contributed by atoms with Crippen molar-refractivity contribution in [2.45, 2.75) is 26.2 Å². The van der Waals surface area contributed by atoms with Crippen LogP contribution >= 0.6 is 0 Å². The van der Waals surface area contributed by atoms with Gasteiger partial charge in [-0.3, -0.25) is 14.4 Å². The molecule has 1 heterocycles. The third-order valence-electron chi connectivity index (χ3n) is 4.60. The number of ether oxygens (including phenoxy) is 1. The monoisotopic (exact) mass is 395 g/mol. The highest BCUT2D eigenvalue weighted by atomic mass is 16.5. The van der Waals surface area contributed by atoms with Crippen molar-refractivity contribution >= 4 is 29.1 Å². The molecule has 0 aliphatic carbocycles. The third kappa shape index (κ3) is 5.57. The van der Waals surface area contributed by atoms with E-state index in [0.717, 1.165) is 18.5 Å². The first-order chi connectivity index (χ1) is 14.1. The highest BCUT2D eigenvalue weighted by Gasteiger charge is 2.19. The van der Waals surface area contributed by atoms with E-state index < -0.39 is 0 Å². The van der Waals surface area contributed by atoms with Crippen molar-refractivity contribution in [2.24, 2.45) is 0 Å². The standard InChI is InChI=1S/C22H25N3O4/c1-2-29-19-11-9-16(10-12-19)22(28)23-15-20(26)24-17-6-5-7-18(14-17)25-13-4-3-8-21(25)27/h5-7,9-12,14H,2-4,8,13,15H2,1H3,(H,23,28)(H,24,26). The Labute approximate surface area is 170 Å². The van der Waals surface area contributed by atoms with E-state index in [1.807, 2.05) is 13.0 Å². The van der Waals surface area contributed by atoms with Crippen LogP contribution < -0.4 is 20.3 Å². The molecule has 0 saturated carbocycles. The number of carbonyl (C=O) groups is 3. The van der Waals surface area contributed by atoms with E-state index in [1.165, 1.54) is 0 Å². The molecule has 0 aromatic heterocycles. The minimum Gasteiger partial charge on any atom is -0.494 e. The number of benzene rings is 2. The maximum absolute atomic E-state index is 12.2. The van der Waals surface area contributed by atoms with Crippen LogP contribution in [0.25, 0.3) is 0 Å². The molecule has 3 amide bonds. The molecule has 0 radical (unpaired) electrons. The van der Waals surface area contributed by atoms with Crippen LogP contribution in [0.1, 0.15) is 36.5 Å². The third-order valence-corrected chi connectivity index (χ3v) is 4.60. The van der Waals surface area contributed by atoms with Crippen molar-refractivity contribution in [1.82, 2.24) is 5.32 Å². The average molecular weight is 395 g/mol. The van der Waals surface area contributed by atoms with E-state index in [1.54, 1.807) is 47.4 Å². The molecule has 2 aromatic carbocycles. The summed E-state index contributed by atoms with van der Waals surface area (Å²) in [6.07, 6.45) is 2.44. The second-order valence-electron chi connectivity index (χ2n) is 6.74. The van der Waals surface area contributed by atoms with Gasteiger partial charge in [0.25, 0.3) is 5.91 Å². The number of hydrogen-bond donors (Lipinski definition) is 2. The lowest BCUT2D eigenvalue weighted by molar-refractivity contribution is -0.119. The van der Waals surface area contributed by atoms with Crippen LogP contribution in [0.3, 0.4) is 0 Å². The van der Waals surface area contributed by atoms with Gasteiger partial charge in [-0.1, -0.05) is 6.07 Å². The smallest absolute Gasteiger partial charge is 0.251 e. The maximum atomic E-state index is 12.2. The van der Waals surface area contributed by atoms with Gasteiger partial charge in [0.1, 0.15) is 5.75 Å². The molecule has 7 nitrogen and oxygen atoms in total. The van der Waals surface area contributed by atoms with Gasteiger partial charge >= 0.3 is 0 Å². The van der Waals surface area contributed by atoms with E-state index in [-0.39, 0.29) is 24.3 Å². The summed E-state index contributed by atoms with van der Waals surface area (Å²) in [6.45, 7) is 2.98. The molecule has 29 heavy (non-hydrogen) atoms. The topological polar surface area (TPSA) is 87.7 Å². The molecule has 0 atom stereocenters. The van der Waals surface area contributed by atoms with Gasteiger partial charge in [-0.25, -0.2) is 0 Å². The van der Waals surface area contributed by atoms with Crippen LogP contribution in [0.2, 0.25) is 0 Å². The van der Waals surface area contributed by atoms with Crippen LogP contribution in [0.4, 0.5) is 11.4 Å². The maximum Gasteiger partial charge on any atom is 0.251 e. The normalized spacial score (nSPS) is 13.7. The molecule has 0 bridgehead atoms. The minimum absolute atomic E-state index is 0.0994. The van der Waals surface area contributed by atoms with E-state index in [4.69, 9.17) is 4.74 Å². The van der Waals surface area contributed by atoms with Crippen LogP contribution in [-0.2, 0) is 9.59 Å². The number of hydrogen-bond acceptors (Lipinski definition) is 4. The number of piperidine rings is 1. The number of anilines is 2. The number of carbonyl (C=O) groups excluding carboxylic acids is 3. The van der Waals surface area contributed by atoms with Crippen molar-refractivity contribution in [1.29, 1.82) is 0 Å². The second-order valence-corrected chi connectivity index (χ2v) is 6.74. The quantitative estimate of drug-likeness (QED) is 0.755. The van der Waals surface area contributed by atoms with E-state index >= 15 is 0 Å². The summed E-state index contributed by atoms with van der Waals surface area (Å²) in [5.74, 6) is 0.110. The van der Waals surface area contributed by atoms with Crippen LogP contribution in [0.15, 0.2) is 48.5 Å². The molecule has 0 unspecified atom stereocenters. The van der Waals surface area contributed by atoms with Crippen LogP contribution in [0.5, 0.6) is 5.75 Å². The first-order valence-corrected chi connectivity index (χ1v) is 9.78. The Hall–Kier alpha value is -3.35. The molecule has 3 rings (SSSR count). The number of rotatable bonds is 7. The fourth-order valence-electron chi connectivity index (χ4n) is 3.17. The number of nitrogens with zero attached hydrogens (tertiary/aromatic N) is 1. The van der Waals surface area contributed by atoms with Gasteiger partial charge in [-0.15, -0.1) is 0 Å². The lowest BCUT2D eigenvalue weighted by Gasteiger charge is -2.27. The Morgan fingerprint density at radius 1 is 1.10 bits per heavy atom. The molecule has 1 aliphatic heterocycles. The zero-order chi connectivity index (χ0) is 20.6. The van der Waals surface area contributed by atoms with Crippen molar-refractivity contribution in [3.8, 4) is 5.75 Å². The SMILES string of the molecule is CCOc1ccc(C(=O)NCC(=O)Nc2cccc(N3CCCCC3=O)c2)cc1. The Kier molecular flexibility index (Phi) is 6.84. The second kappa shape index (κ2) is 9.73. The van der Waals surface area contributed by atoms with Crippen LogP contribution in [0, 0.1) is 0 Å². The predicted octanol–water partition coefficient (Wildman–Crippen LogP) is 2.97. The van der Waals surface area contributed by atoms with Crippen molar-refractivity contribution in [3.05, 3.63) is 54.1 Å². The van der Waals surface area contributed by atoms with Gasteiger partial charge in [0.05, 0.1) is 13.2 Å². The first kappa shape index (κ1) is 20.4. The zero-order valence-corrected chi connectivity index (χ0v) is 16.4. The summed E-state index contributed by atoms with van der Waals surface area (Å²) in [5.41, 5.74) is 1.80. The molecule has 1 saturated heterocycles. The molecule has 1 fully saturated rings. The summed E-state index contributed by atoms with van der Waals surface area (Å²) < 4.78 is 5.34. The minimum atomic E-state index is -0.341. The first-order valence-electron chi connectivity index (χ1n) is 9.78. The lowest BCUT2D eigenvalue weighted by atomic mass is 10.1. The van der Waals surface area contributed by atoms with Crippen LogP contribution in [-0.4, -0.2) is 37.4 Å². The van der Waals surface area contributed by atoms with Gasteiger partial charge in [0.2, 0.25) is 11.8 Å². The molecule has 0 spiro atoms. The summed E-state index contributed by atoms with van der Waals surface area (Å²) in [5, 5.41) is 5.36. The zero-order valence-electron chi connectivity index (χ0n) is 16.4. The molecular formula is C22H25N3O4. The van der Waals surface area contributed by atoms with Crippen molar-refractivity contribution in [3.63, 3.8) is 0 Å². The van der Waals surface area contributed by atoms with Gasteiger partial charge in [-0.2, -0.15) is 0 Å². The molecule has 7 heteroatoms. The van der Waals surface area contributed by atoms with E-state index in [9.17, 15) is 14.4 Å². The number of amides is 3. The lowest BCUT2D eigenvalue weighted by Crippen LogP contribution is -2.35. The Bertz CT molecular complexity index is 880. The summed E-state index contributed by atoms with van der Waals surface area (Å²) in [6, 6.07) is 13.9. The van der Waals surface area contributed by atoms with Gasteiger partial charge < -0.3 is 20.3 Å².